The number of rotatable bonds is 4. The van der Waals surface area contributed by atoms with E-state index in [4.69, 9.17) is 21.1 Å². The summed E-state index contributed by atoms with van der Waals surface area (Å²) >= 11 is 0. The van der Waals surface area contributed by atoms with Crippen molar-refractivity contribution in [3.8, 4) is 12.3 Å². The molecule has 2 amide bonds. The fourth-order valence-corrected chi connectivity index (χ4v) is 4.81. The zero-order chi connectivity index (χ0) is 26.9. The first kappa shape index (κ1) is 23.9. The first-order valence-corrected chi connectivity index (χ1v) is 12.3. The van der Waals surface area contributed by atoms with E-state index in [1.807, 2.05) is 30.3 Å². The zero-order valence-electron chi connectivity index (χ0n) is 21.0. The highest BCUT2D eigenvalue weighted by Gasteiger charge is 2.17. The molecule has 1 aromatic heterocycles. The van der Waals surface area contributed by atoms with Gasteiger partial charge >= 0.3 is 12.0 Å². The quantitative estimate of drug-likeness (QED) is 0.126. The van der Waals surface area contributed by atoms with Crippen LogP contribution in [0.3, 0.4) is 0 Å². The first-order chi connectivity index (χ1) is 19.1. The fraction of sp³-hybridized carbons (Fsp3) is 0.0625. The van der Waals surface area contributed by atoms with Gasteiger partial charge in [-0.05, 0) is 53.2 Å². The molecule has 5 aromatic carbocycles. The Labute approximate surface area is 224 Å². The molecule has 0 atom stereocenters. The SMILES string of the molecule is C#CCN(C(=O)Nc1ccc2nc3c4ccccc4c4ccccc4c3nc2c1)c1ccc(C(=O)OC)cc1. The molecule has 39 heavy (non-hydrogen) atoms. The van der Waals surface area contributed by atoms with E-state index in [9.17, 15) is 9.59 Å². The highest BCUT2D eigenvalue weighted by Crippen LogP contribution is 2.34. The number of nitrogens with one attached hydrogen (secondary N) is 1. The molecule has 188 valence electrons. The lowest BCUT2D eigenvalue weighted by molar-refractivity contribution is 0.0600. The molecule has 0 aliphatic heterocycles. The molecule has 6 aromatic rings. The predicted molar refractivity (Wildman–Crippen MR) is 155 cm³/mol. The Kier molecular flexibility index (Phi) is 5.98. The van der Waals surface area contributed by atoms with Crippen LogP contribution in [-0.4, -0.2) is 35.6 Å². The molecule has 6 rings (SSSR count). The van der Waals surface area contributed by atoms with E-state index in [1.54, 1.807) is 36.4 Å². The second-order valence-corrected chi connectivity index (χ2v) is 8.97. The van der Waals surface area contributed by atoms with Crippen LogP contribution in [0.15, 0.2) is 91.0 Å². The minimum Gasteiger partial charge on any atom is -0.465 e. The number of nitrogens with zero attached hydrogens (tertiary/aromatic N) is 3. The van der Waals surface area contributed by atoms with Gasteiger partial charge < -0.3 is 10.1 Å². The summed E-state index contributed by atoms with van der Waals surface area (Å²) in [6, 6.07) is 27.9. The van der Waals surface area contributed by atoms with Gasteiger partial charge in [-0.15, -0.1) is 6.42 Å². The van der Waals surface area contributed by atoms with Crippen LogP contribution in [0.2, 0.25) is 0 Å². The first-order valence-electron chi connectivity index (χ1n) is 12.3. The Bertz CT molecular complexity index is 1960. The molecule has 0 fully saturated rings. The Morgan fingerprint density at radius 1 is 0.821 bits per heavy atom. The number of benzene rings is 5. The van der Waals surface area contributed by atoms with Crippen LogP contribution in [0.5, 0.6) is 0 Å². The third-order valence-electron chi connectivity index (χ3n) is 6.66. The summed E-state index contributed by atoms with van der Waals surface area (Å²) in [7, 11) is 1.32. The van der Waals surface area contributed by atoms with Crippen molar-refractivity contribution in [2.24, 2.45) is 0 Å². The van der Waals surface area contributed by atoms with Crippen LogP contribution < -0.4 is 10.2 Å². The van der Waals surface area contributed by atoms with E-state index in [1.165, 1.54) is 12.0 Å². The highest BCUT2D eigenvalue weighted by molar-refractivity contribution is 6.23. The lowest BCUT2D eigenvalue weighted by Gasteiger charge is -2.21. The number of terminal acetylenes is 1. The molecule has 0 radical (unpaired) electrons. The van der Waals surface area contributed by atoms with Gasteiger partial charge in [-0.25, -0.2) is 19.6 Å². The lowest BCUT2D eigenvalue weighted by Crippen LogP contribution is -2.35. The topological polar surface area (TPSA) is 84.4 Å². The van der Waals surface area contributed by atoms with Gasteiger partial charge in [-0.2, -0.15) is 0 Å². The van der Waals surface area contributed by atoms with Crippen molar-refractivity contribution >= 4 is 67.0 Å². The number of carbonyl (C=O) groups is 2. The Hall–Kier alpha value is -5.48. The predicted octanol–water partition coefficient (Wildman–Crippen LogP) is 6.55. The average Bonchev–Trinajstić information content (AvgIpc) is 2.99. The van der Waals surface area contributed by atoms with E-state index in [0.29, 0.717) is 22.5 Å². The van der Waals surface area contributed by atoms with Crippen molar-refractivity contribution in [2.75, 3.05) is 23.9 Å². The summed E-state index contributed by atoms with van der Waals surface area (Å²) < 4.78 is 4.74. The monoisotopic (exact) mass is 510 g/mol. The summed E-state index contributed by atoms with van der Waals surface area (Å²) in [6.45, 7) is 0.0422. The maximum absolute atomic E-state index is 13.2. The van der Waals surface area contributed by atoms with Crippen LogP contribution in [0.25, 0.3) is 43.6 Å². The number of esters is 1. The van der Waals surface area contributed by atoms with Gasteiger partial charge in [0.05, 0.1) is 41.3 Å². The van der Waals surface area contributed by atoms with Gasteiger partial charge in [-0.1, -0.05) is 54.5 Å². The van der Waals surface area contributed by atoms with Crippen LogP contribution in [0, 0.1) is 12.3 Å². The van der Waals surface area contributed by atoms with E-state index in [-0.39, 0.29) is 6.54 Å². The standard InChI is InChI=1S/C32H22N4O3/c1-3-18-36(22-15-12-20(13-16-22)31(37)39-2)32(38)33-21-14-17-27-28(19-21)35-30-26-11-7-5-9-24(26)23-8-4-6-10-25(23)29(30)34-27/h1,4-17,19H,18H2,2H3,(H,33,38). The molecule has 0 aliphatic rings. The second kappa shape index (κ2) is 9.77. The fourth-order valence-electron chi connectivity index (χ4n) is 4.81. The van der Waals surface area contributed by atoms with E-state index >= 15 is 0 Å². The maximum atomic E-state index is 13.2. The third-order valence-corrected chi connectivity index (χ3v) is 6.66. The van der Waals surface area contributed by atoms with Crippen molar-refractivity contribution in [2.45, 2.75) is 0 Å². The molecule has 1 heterocycles. The minimum atomic E-state index is -0.458. The summed E-state index contributed by atoms with van der Waals surface area (Å²) in [5.41, 5.74) is 4.50. The zero-order valence-corrected chi connectivity index (χ0v) is 21.0. The number of anilines is 2. The van der Waals surface area contributed by atoms with Gasteiger partial charge in [0.15, 0.2) is 0 Å². The normalized spacial score (nSPS) is 11.0. The van der Waals surface area contributed by atoms with Crippen LogP contribution in [0.1, 0.15) is 10.4 Å². The maximum Gasteiger partial charge on any atom is 0.337 e. The molecule has 0 aliphatic carbocycles. The Balaban J connectivity index is 1.38. The largest absolute Gasteiger partial charge is 0.465 e. The minimum absolute atomic E-state index is 0.0422. The van der Waals surface area contributed by atoms with E-state index < -0.39 is 12.0 Å². The molecule has 7 nitrogen and oxygen atoms in total. The van der Waals surface area contributed by atoms with Crippen LogP contribution >= 0.6 is 0 Å². The van der Waals surface area contributed by atoms with Crippen molar-refractivity contribution in [1.29, 1.82) is 0 Å². The smallest absolute Gasteiger partial charge is 0.337 e. The summed E-state index contributed by atoms with van der Waals surface area (Å²) in [5.74, 6) is 2.06. The molecule has 0 saturated heterocycles. The van der Waals surface area contributed by atoms with Gasteiger partial charge in [0, 0.05) is 22.1 Å². The second-order valence-electron chi connectivity index (χ2n) is 8.97. The molecular weight excluding hydrogens is 488 g/mol. The summed E-state index contributed by atoms with van der Waals surface area (Å²) in [6.07, 6.45) is 5.55. The molecule has 0 saturated carbocycles. The number of carbonyl (C=O) groups excluding carboxylic acids is 2. The number of ether oxygens (including phenoxy) is 1. The van der Waals surface area contributed by atoms with Crippen molar-refractivity contribution in [1.82, 2.24) is 9.97 Å². The van der Waals surface area contributed by atoms with Crippen LogP contribution in [-0.2, 0) is 4.74 Å². The van der Waals surface area contributed by atoms with Crippen LogP contribution in [0.4, 0.5) is 16.2 Å². The lowest BCUT2D eigenvalue weighted by atomic mass is 9.99. The Morgan fingerprint density at radius 2 is 1.41 bits per heavy atom. The van der Waals surface area contributed by atoms with E-state index in [2.05, 4.69) is 35.5 Å². The molecule has 0 bridgehead atoms. The number of hydrogen-bond donors (Lipinski definition) is 1. The number of aromatic nitrogens is 2. The molecule has 1 N–H and O–H groups in total. The third kappa shape index (κ3) is 4.24. The molecule has 7 heteroatoms. The van der Waals surface area contributed by atoms with Crippen molar-refractivity contribution in [3.63, 3.8) is 0 Å². The van der Waals surface area contributed by atoms with Gasteiger partial charge in [0.2, 0.25) is 0 Å². The number of urea groups is 1. The number of methoxy groups -OCH3 is 1. The summed E-state index contributed by atoms with van der Waals surface area (Å²) in [5, 5.41) is 7.22. The molecule has 0 unspecified atom stereocenters. The number of hydrogen-bond acceptors (Lipinski definition) is 5. The van der Waals surface area contributed by atoms with Crippen molar-refractivity contribution in [3.05, 3.63) is 96.6 Å². The van der Waals surface area contributed by atoms with Crippen molar-refractivity contribution < 1.29 is 14.3 Å². The average molecular weight is 511 g/mol. The van der Waals surface area contributed by atoms with E-state index in [0.717, 1.165) is 38.1 Å². The Morgan fingerprint density at radius 3 is 2.00 bits per heavy atom. The number of fused-ring (bicyclic) bond motifs is 7. The van der Waals surface area contributed by atoms with Gasteiger partial charge in [0.1, 0.15) is 0 Å². The summed E-state index contributed by atoms with van der Waals surface area (Å²) in [4.78, 5) is 36.4. The van der Waals surface area contributed by atoms with Gasteiger partial charge in [-0.3, -0.25) is 4.90 Å². The molecule has 0 spiro atoms. The molecular formula is C32H22N4O3. The highest BCUT2D eigenvalue weighted by atomic mass is 16.5. The number of amides is 2. The van der Waals surface area contributed by atoms with Gasteiger partial charge in [0.25, 0.3) is 0 Å².